The van der Waals surface area contributed by atoms with Crippen molar-refractivity contribution in [1.29, 1.82) is 0 Å². The number of phenols is 1. The zero-order valence-electron chi connectivity index (χ0n) is 10.9. The summed E-state index contributed by atoms with van der Waals surface area (Å²) in [4.78, 5) is 12.2. The number of hydrogen-bond donors (Lipinski definition) is 2. The van der Waals surface area contributed by atoms with Crippen molar-refractivity contribution in [2.24, 2.45) is 5.41 Å². The Kier molecular flexibility index (Phi) is 3.90. The van der Waals surface area contributed by atoms with E-state index in [1.807, 2.05) is 19.1 Å². The van der Waals surface area contributed by atoms with Crippen LogP contribution in [0.2, 0.25) is 0 Å². The van der Waals surface area contributed by atoms with Gasteiger partial charge in [0.2, 0.25) is 5.91 Å². The minimum atomic E-state index is -0.220. The van der Waals surface area contributed by atoms with Crippen LogP contribution in [0.25, 0.3) is 0 Å². The molecule has 0 unspecified atom stereocenters. The van der Waals surface area contributed by atoms with Crippen LogP contribution >= 0.6 is 0 Å². The maximum absolute atomic E-state index is 12.2. The SMILES string of the molecule is CC1(C(=O)NCc2ccccc2O)CCCCC1. The molecule has 1 aliphatic carbocycles. The number of benzene rings is 1. The van der Waals surface area contributed by atoms with Gasteiger partial charge in [-0.25, -0.2) is 0 Å². The highest BCUT2D eigenvalue weighted by atomic mass is 16.3. The maximum Gasteiger partial charge on any atom is 0.226 e. The molecule has 1 aromatic rings. The van der Waals surface area contributed by atoms with E-state index in [1.165, 1.54) is 6.42 Å². The van der Waals surface area contributed by atoms with Gasteiger partial charge in [-0.2, -0.15) is 0 Å². The predicted molar refractivity (Wildman–Crippen MR) is 71.1 cm³/mol. The Morgan fingerprint density at radius 3 is 2.61 bits per heavy atom. The van der Waals surface area contributed by atoms with Crippen LogP contribution in [0.4, 0.5) is 0 Å². The summed E-state index contributed by atoms with van der Waals surface area (Å²) >= 11 is 0. The zero-order valence-corrected chi connectivity index (χ0v) is 10.9. The summed E-state index contributed by atoms with van der Waals surface area (Å²) in [6.07, 6.45) is 5.46. The molecule has 0 saturated heterocycles. The lowest BCUT2D eigenvalue weighted by atomic mass is 9.75. The highest BCUT2D eigenvalue weighted by molar-refractivity contribution is 5.82. The molecule has 18 heavy (non-hydrogen) atoms. The Hall–Kier alpha value is -1.51. The lowest BCUT2D eigenvalue weighted by Crippen LogP contribution is -2.39. The van der Waals surface area contributed by atoms with Crippen LogP contribution in [0.1, 0.15) is 44.6 Å². The van der Waals surface area contributed by atoms with Crippen LogP contribution < -0.4 is 5.32 Å². The molecule has 0 heterocycles. The highest BCUT2D eigenvalue weighted by Crippen LogP contribution is 2.35. The molecule has 2 N–H and O–H groups in total. The smallest absolute Gasteiger partial charge is 0.226 e. The Labute approximate surface area is 108 Å². The summed E-state index contributed by atoms with van der Waals surface area (Å²) in [7, 11) is 0. The first-order valence-corrected chi connectivity index (χ1v) is 6.67. The third-order valence-electron chi connectivity index (χ3n) is 3.94. The van der Waals surface area contributed by atoms with Gasteiger partial charge in [0.15, 0.2) is 0 Å². The standard InChI is InChI=1S/C15H21NO2/c1-15(9-5-2-6-10-15)14(18)16-11-12-7-3-4-8-13(12)17/h3-4,7-8,17H,2,5-6,9-11H2,1H3,(H,16,18). The number of amides is 1. The third-order valence-corrected chi connectivity index (χ3v) is 3.94. The zero-order chi connectivity index (χ0) is 13.0. The van der Waals surface area contributed by atoms with Gasteiger partial charge in [0.05, 0.1) is 0 Å². The van der Waals surface area contributed by atoms with E-state index in [2.05, 4.69) is 5.32 Å². The summed E-state index contributed by atoms with van der Waals surface area (Å²) in [5.41, 5.74) is 0.549. The first kappa shape index (κ1) is 12.9. The average Bonchev–Trinajstić information content (AvgIpc) is 2.38. The van der Waals surface area contributed by atoms with Crippen molar-refractivity contribution in [3.63, 3.8) is 0 Å². The van der Waals surface area contributed by atoms with Gasteiger partial charge in [-0.3, -0.25) is 4.79 Å². The molecular formula is C15H21NO2. The molecule has 98 valence electrons. The molecule has 1 amide bonds. The van der Waals surface area contributed by atoms with Crippen molar-refractivity contribution in [3.05, 3.63) is 29.8 Å². The van der Waals surface area contributed by atoms with Gasteiger partial charge in [-0.05, 0) is 18.9 Å². The fourth-order valence-corrected chi connectivity index (χ4v) is 2.61. The van der Waals surface area contributed by atoms with Crippen LogP contribution in [0.3, 0.4) is 0 Å². The van der Waals surface area contributed by atoms with Gasteiger partial charge in [0.25, 0.3) is 0 Å². The van der Waals surface area contributed by atoms with Gasteiger partial charge >= 0.3 is 0 Å². The van der Waals surface area contributed by atoms with Crippen LogP contribution in [-0.2, 0) is 11.3 Å². The highest BCUT2D eigenvalue weighted by Gasteiger charge is 2.34. The Balaban J connectivity index is 1.94. The molecule has 3 nitrogen and oxygen atoms in total. The van der Waals surface area contributed by atoms with Crippen molar-refractivity contribution in [2.45, 2.75) is 45.6 Å². The van der Waals surface area contributed by atoms with E-state index < -0.39 is 0 Å². The summed E-state index contributed by atoms with van der Waals surface area (Å²) in [5.74, 6) is 0.358. The van der Waals surface area contributed by atoms with E-state index in [4.69, 9.17) is 0 Å². The van der Waals surface area contributed by atoms with Crippen molar-refractivity contribution >= 4 is 5.91 Å². The Bertz CT molecular complexity index is 422. The summed E-state index contributed by atoms with van der Waals surface area (Å²) in [6.45, 7) is 2.45. The van der Waals surface area contributed by atoms with Crippen LogP contribution in [0.5, 0.6) is 5.75 Å². The lowest BCUT2D eigenvalue weighted by molar-refractivity contribution is -0.132. The van der Waals surface area contributed by atoms with E-state index >= 15 is 0 Å². The van der Waals surface area contributed by atoms with Crippen molar-refractivity contribution < 1.29 is 9.90 Å². The van der Waals surface area contributed by atoms with E-state index in [0.717, 1.165) is 31.2 Å². The average molecular weight is 247 g/mol. The summed E-state index contributed by atoms with van der Waals surface area (Å²) in [6, 6.07) is 7.12. The van der Waals surface area contributed by atoms with Crippen LogP contribution in [-0.4, -0.2) is 11.0 Å². The Morgan fingerprint density at radius 1 is 1.28 bits per heavy atom. The van der Waals surface area contributed by atoms with Gasteiger partial charge in [0.1, 0.15) is 5.75 Å². The second kappa shape index (κ2) is 5.42. The molecule has 1 aromatic carbocycles. The topological polar surface area (TPSA) is 49.3 Å². The number of phenolic OH excluding ortho intramolecular Hbond substituents is 1. The fourth-order valence-electron chi connectivity index (χ4n) is 2.61. The first-order chi connectivity index (χ1) is 8.62. The van der Waals surface area contributed by atoms with Crippen molar-refractivity contribution in [3.8, 4) is 5.75 Å². The normalized spacial score (nSPS) is 18.3. The molecule has 3 heteroatoms. The van der Waals surface area contributed by atoms with Crippen LogP contribution in [0.15, 0.2) is 24.3 Å². The second-order valence-electron chi connectivity index (χ2n) is 5.43. The molecule has 1 fully saturated rings. The maximum atomic E-state index is 12.2. The molecule has 0 aliphatic heterocycles. The molecule has 2 rings (SSSR count). The van der Waals surface area contributed by atoms with E-state index in [0.29, 0.717) is 6.54 Å². The predicted octanol–water partition coefficient (Wildman–Crippen LogP) is 2.98. The summed E-state index contributed by atoms with van der Waals surface area (Å²) in [5, 5.41) is 12.6. The monoisotopic (exact) mass is 247 g/mol. The molecule has 0 spiro atoms. The van der Waals surface area contributed by atoms with E-state index in [-0.39, 0.29) is 17.1 Å². The minimum absolute atomic E-state index is 0.116. The fraction of sp³-hybridized carbons (Fsp3) is 0.533. The first-order valence-electron chi connectivity index (χ1n) is 6.67. The number of carbonyl (C=O) groups excluding carboxylic acids is 1. The number of aromatic hydroxyl groups is 1. The third kappa shape index (κ3) is 2.84. The van der Waals surface area contributed by atoms with E-state index in [1.54, 1.807) is 12.1 Å². The largest absolute Gasteiger partial charge is 0.508 e. The van der Waals surface area contributed by atoms with Gasteiger partial charge in [0, 0.05) is 17.5 Å². The molecular weight excluding hydrogens is 226 g/mol. The number of hydrogen-bond acceptors (Lipinski definition) is 2. The molecule has 0 bridgehead atoms. The molecule has 1 saturated carbocycles. The Morgan fingerprint density at radius 2 is 1.94 bits per heavy atom. The van der Waals surface area contributed by atoms with Crippen LogP contribution in [0, 0.1) is 5.41 Å². The van der Waals surface area contributed by atoms with Crippen molar-refractivity contribution in [1.82, 2.24) is 5.32 Å². The molecule has 0 atom stereocenters. The van der Waals surface area contributed by atoms with E-state index in [9.17, 15) is 9.90 Å². The lowest BCUT2D eigenvalue weighted by Gasteiger charge is -2.32. The van der Waals surface area contributed by atoms with Gasteiger partial charge < -0.3 is 10.4 Å². The number of para-hydroxylation sites is 1. The number of rotatable bonds is 3. The molecule has 0 aromatic heterocycles. The second-order valence-corrected chi connectivity index (χ2v) is 5.43. The minimum Gasteiger partial charge on any atom is -0.508 e. The summed E-state index contributed by atoms with van der Waals surface area (Å²) < 4.78 is 0. The molecule has 1 aliphatic rings. The van der Waals surface area contributed by atoms with Crippen molar-refractivity contribution in [2.75, 3.05) is 0 Å². The number of carbonyl (C=O) groups is 1. The van der Waals surface area contributed by atoms with Gasteiger partial charge in [-0.15, -0.1) is 0 Å². The number of nitrogens with one attached hydrogen (secondary N) is 1. The van der Waals surface area contributed by atoms with Gasteiger partial charge in [-0.1, -0.05) is 44.4 Å². The molecule has 0 radical (unpaired) electrons. The quantitative estimate of drug-likeness (QED) is 0.862.